The Bertz CT molecular complexity index is 1670. The molecule has 0 N–H and O–H groups in total. The lowest BCUT2D eigenvalue weighted by Gasteiger charge is -2.28. The van der Waals surface area contributed by atoms with E-state index in [2.05, 4.69) is 150 Å². The number of benzene rings is 5. The molecule has 39 heavy (non-hydrogen) atoms. The van der Waals surface area contributed by atoms with Crippen molar-refractivity contribution in [3.05, 3.63) is 157 Å². The van der Waals surface area contributed by atoms with Crippen LogP contribution < -0.4 is 4.90 Å². The molecule has 0 spiro atoms. The number of pyridine rings is 1. The van der Waals surface area contributed by atoms with E-state index in [0.29, 0.717) is 0 Å². The molecule has 0 saturated heterocycles. The van der Waals surface area contributed by atoms with Gasteiger partial charge in [-0.05, 0) is 70.6 Å². The number of nitrogens with zero attached hydrogens (tertiary/aromatic N) is 2. The third kappa shape index (κ3) is 5.10. The van der Waals surface area contributed by atoms with Crippen molar-refractivity contribution in [1.29, 1.82) is 0 Å². The highest BCUT2D eigenvalue weighted by molar-refractivity contribution is 5.89. The molecule has 2 heteroatoms. The summed E-state index contributed by atoms with van der Waals surface area (Å²) >= 11 is 0. The number of hydrogen-bond acceptors (Lipinski definition) is 2. The van der Waals surface area contributed by atoms with E-state index in [1.54, 1.807) is 0 Å². The lowest BCUT2D eigenvalue weighted by atomic mass is 9.97. The second kappa shape index (κ2) is 11.2. The van der Waals surface area contributed by atoms with E-state index in [1.807, 2.05) is 18.5 Å². The Morgan fingerprint density at radius 1 is 0.513 bits per heavy atom. The van der Waals surface area contributed by atoms with Gasteiger partial charge in [0.05, 0.1) is 5.69 Å². The van der Waals surface area contributed by atoms with Gasteiger partial charge >= 0.3 is 0 Å². The standard InChI is InChI=1S/C37H30N2/c1-2-28-12-6-7-18-35(28)30-21-23-33(24-22-30)39(34-17-10-15-31(26-34)32-16-11-25-38-27-32)37-20-9-8-19-36(37)29-13-4-3-5-14-29/h3-27H,2H2,1H3. The van der Waals surface area contributed by atoms with E-state index in [9.17, 15) is 0 Å². The molecule has 0 fully saturated rings. The first kappa shape index (κ1) is 24.4. The van der Waals surface area contributed by atoms with Crippen molar-refractivity contribution in [3.8, 4) is 33.4 Å². The highest BCUT2D eigenvalue weighted by Crippen LogP contribution is 2.42. The maximum atomic E-state index is 4.34. The van der Waals surface area contributed by atoms with E-state index in [1.165, 1.54) is 27.8 Å². The maximum Gasteiger partial charge on any atom is 0.0540 e. The van der Waals surface area contributed by atoms with Crippen molar-refractivity contribution in [2.75, 3.05) is 4.90 Å². The van der Waals surface area contributed by atoms with Gasteiger partial charge in [0.1, 0.15) is 0 Å². The molecule has 5 aromatic carbocycles. The molecule has 0 bridgehead atoms. The highest BCUT2D eigenvalue weighted by Gasteiger charge is 2.18. The molecule has 0 saturated carbocycles. The Kier molecular flexibility index (Phi) is 7.01. The molecule has 188 valence electrons. The largest absolute Gasteiger partial charge is 0.310 e. The summed E-state index contributed by atoms with van der Waals surface area (Å²) in [6, 6.07) is 49.7. The number of aryl methyl sites for hydroxylation is 1. The maximum absolute atomic E-state index is 4.34. The smallest absolute Gasteiger partial charge is 0.0540 e. The van der Waals surface area contributed by atoms with E-state index in [0.717, 1.165) is 34.6 Å². The van der Waals surface area contributed by atoms with Crippen LogP contribution in [-0.4, -0.2) is 4.98 Å². The van der Waals surface area contributed by atoms with Crippen LogP contribution >= 0.6 is 0 Å². The van der Waals surface area contributed by atoms with Crippen LogP contribution in [0.2, 0.25) is 0 Å². The Balaban J connectivity index is 1.51. The molecule has 0 unspecified atom stereocenters. The molecule has 0 amide bonds. The van der Waals surface area contributed by atoms with Crippen LogP contribution in [0.25, 0.3) is 33.4 Å². The molecular weight excluding hydrogens is 472 g/mol. The predicted molar refractivity (Wildman–Crippen MR) is 165 cm³/mol. The van der Waals surface area contributed by atoms with Gasteiger partial charge in [0.25, 0.3) is 0 Å². The van der Waals surface area contributed by atoms with Gasteiger partial charge < -0.3 is 4.90 Å². The molecule has 0 aliphatic carbocycles. The second-order valence-corrected chi connectivity index (χ2v) is 9.57. The highest BCUT2D eigenvalue weighted by atomic mass is 15.1. The van der Waals surface area contributed by atoms with Gasteiger partial charge in [-0.2, -0.15) is 0 Å². The van der Waals surface area contributed by atoms with Crippen LogP contribution in [-0.2, 0) is 6.42 Å². The Hall–Kier alpha value is -4.95. The van der Waals surface area contributed by atoms with Gasteiger partial charge in [0.15, 0.2) is 0 Å². The molecule has 1 aromatic heterocycles. The molecule has 0 aliphatic heterocycles. The van der Waals surface area contributed by atoms with Gasteiger partial charge in [-0.1, -0.05) is 110 Å². The van der Waals surface area contributed by atoms with Crippen LogP contribution in [0.3, 0.4) is 0 Å². The number of para-hydroxylation sites is 1. The van der Waals surface area contributed by atoms with Crippen molar-refractivity contribution in [2.45, 2.75) is 13.3 Å². The fourth-order valence-electron chi connectivity index (χ4n) is 5.22. The zero-order valence-electron chi connectivity index (χ0n) is 22.0. The van der Waals surface area contributed by atoms with Crippen LogP contribution in [0.1, 0.15) is 12.5 Å². The monoisotopic (exact) mass is 502 g/mol. The average molecular weight is 503 g/mol. The molecule has 2 nitrogen and oxygen atoms in total. The fourth-order valence-corrected chi connectivity index (χ4v) is 5.22. The predicted octanol–water partition coefficient (Wildman–Crippen LogP) is 10.1. The SMILES string of the molecule is CCc1ccccc1-c1ccc(N(c2cccc(-c3cccnc3)c2)c2ccccc2-c2ccccc2)cc1. The van der Waals surface area contributed by atoms with Crippen molar-refractivity contribution in [3.63, 3.8) is 0 Å². The molecule has 6 aromatic rings. The normalized spacial score (nSPS) is 10.8. The third-order valence-corrected chi connectivity index (χ3v) is 7.16. The topological polar surface area (TPSA) is 16.1 Å². The van der Waals surface area contributed by atoms with E-state index >= 15 is 0 Å². The van der Waals surface area contributed by atoms with E-state index in [-0.39, 0.29) is 0 Å². The summed E-state index contributed by atoms with van der Waals surface area (Å²) in [6.07, 6.45) is 4.74. The second-order valence-electron chi connectivity index (χ2n) is 9.57. The van der Waals surface area contributed by atoms with Crippen molar-refractivity contribution in [2.24, 2.45) is 0 Å². The summed E-state index contributed by atoms with van der Waals surface area (Å²) in [7, 11) is 0. The van der Waals surface area contributed by atoms with Gasteiger partial charge in [0, 0.05) is 34.9 Å². The molecular formula is C37H30N2. The molecule has 0 radical (unpaired) electrons. The molecule has 0 atom stereocenters. The first-order valence-electron chi connectivity index (χ1n) is 13.5. The summed E-state index contributed by atoms with van der Waals surface area (Å²) < 4.78 is 0. The summed E-state index contributed by atoms with van der Waals surface area (Å²) in [5.74, 6) is 0. The minimum Gasteiger partial charge on any atom is -0.310 e. The zero-order chi connectivity index (χ0) is 26.4. The van der Waals surface area contributed by atoms with Crippen molar-refractivity contribution in [1.82, 2.24) is 4.98 Å². The molecule has 6 rings (SSSR count). The van der Waals surface area contributed by atoms with Crippen molar-refractivity contribution >= 4 is 17.1 Å². The number of aromatic nitrogens is 1. The van der Waals surface area contributed by atoms with E-state index < -0.39 is 0 Å². The quantitative estimate of drug-likeness (QED) is 0.216. The first-order chi connectivity index (χ1) is 19.3. The van der Waals surface area contributed by atoms with Crippen LogP contribution in [0.4, 0.5) is 17.1 Å². The van der Waals surface area contributed by atoms with E-state index in [4.69, 9.17) is 0 Å². The fraction of sp³-hybridized carbons (Fsp3) is 0.0541. The average Bonchev–Trinajstić information content (AvgIpc) is 3.03. The van der Waals surface area contributed by atoms with Gasteiger partial charge in [-0.25, -0.2) is 0 Å². The minimum absolute atomic E-state index is 1.01. The number of anilines is 3. The number of rotatable bonds is 7. The van der Waals surface area contributed by atoms with Crippen LogP contribution in [0.5, 0.6) is 0 Å². The minimum atomic E-state index is 1.01. The lowest BCUT2D eigenvalue weighted by Crippen LogP contribution is -2.11. The summed E-state index contributed by atoms with van der Waals surface area (Å²) in [5.41, 5.74) is 11.8. The summed E-state index contributed by atoms with van der Waals surface area (Å²) in [4.78, 5) is 6.70. The Morgan fingerprint density at radius 2 is 1.18 bits per heavy atom. The lowest BCUT2D eigenvalue weighted by molar-refractivity contribution is 1.14. The van der Waals surface area contributed by atoms with Gasteiger partial charge in [-0.15, -0.1) is 0 Å². The van der Waals surface area contributed by atoms with Crippen LogP contribution in [0.15, 0.2) is 152 Å². The summed E-state index contributed by atoms with van der Waals surface area (Å²) in [5, 5.41) is 0. The third-order valence-electron chi connectivity index (χ3n) is 7.16. The molecule has 1 heterocycles. The van der Waals surface area contributed by atoms with Crippen molar-refractivity contribution < 1.29 is 0 Å². The first-order valence-corrected chi connectivity index (χ1v) is 13.5. The Morgan fingerprint density at radius 3 is 1.95 bits per heavy atom. The van der Waals surface area contributed by atoms with Crippen LogP contribution in [0, 0.1) is 0 Å². The Labute approximate surface area is 230 Å². The van der Waals surface area contributed by atoms with Gasteiger partial charge in [0.2, 0.25) is 0 Å². The zero-order valence-corrected chi connectivity index (χ0v) is 22.0. The van der Waals surface area contributed by atoms with Gasteiger partial charge in [-0.3, -0.25) is 4.98 Å². The summed E-state index contributed by atoms with van der Waals surface area (Å²) in [6.45, 7) is 2.21. The molecule has 0 aliphatic rings. The number of hydrogen-bond donors (Lipinski definition) is 0.